The Morgan fingerprint density at radius 1 is 1.00 bits per heavy atom. The molecule has 1 N–H and O–H groups in total. The van der Waals surface area contributed by atoms with Gasteiger partial charge in [0.05, 0.1) is 0 Å². The normalized spacial score (nSPS) is 14.9. The summed E-state index contributed by atoms with van der Waals surface area (Å²) >= 11 is 0. The molecule has 0 bridgehead atoms. The maximum Gasteiger partial charge on any atom is 0.221 e. The average Bonchev–Trinajstić information content (AvgIpc) is 2.67. The van der Waals surface area contributed by atoms with Crippen LogP contribution in [0.3, 0.4) is 0 Å². The molecule has 1 heterocycles. The van der Waals surface area contributed by atoms with Crippen molar-refractivity contribution in [2.24, 2.45) is 0 Å². The molecule has 3 heteroatoms. The van der Waals surface area contributed by atoms with E-state index in [4.69, 9.17) is 0 Å². The Balaban J connectivity index is 1.40. The van der Waals surface area contributed by atoms with Crippen LogP contribution in [-0.4, -0.2) is 30.4 Å². The van der Waals surface area contributed by atoms with Crippen LogP contribution < -0.4 is 5.32 Å². The van der Waals surface area contributed by atoms with E-state index in [1.54, 1.807) is 0 Å². The second-order valence-electron chi connectivity index (χ2n) is 6.16. The van der Waals surface area contributed by atoms with E-state index in [0.29, 0.717) is 13.0 Å². The minimum atomic E-state index is 0.122. The zero-order valence-electron chi connectivity index (χ0n) is 13.9. The Morgan fingerprint density at radius 3 is 2.38 bits per heavy atom. The van der Waals surface area contributed by atoms with E-state index in [1.807, 2.05) is 36.4 Å². The summed E-state index contributed by atoms with van der Waals surface area (Å²) in [7, 11) is 0. The summed E-state index contributed by atoms with van der Waals surface area (Å²) in [6.07, 6.45) is 3.90. The van der Waals surface area contributed by atoms with E-state index in [-0.39, 0.29) is 5.91 Å². The van der Waals surface area contributed by atoms with E-state index in [0.717, 1.165) is 31.6 Å². The molecule has 3 nitrogen and oxygen atoms in total. The molecule has 2 aromatic rings. The third-order valence-corrected chi connectivity index (χ3v) is 4.43. The van der Waals surface area contributed by atoms with Gasteiger partial charge in [0.1, 0.15) is 0 Å². The van der Waals surface area contributed by atoms with Crippen molar-refractivity contribution in [3.05, 3.63) is 77.9 Å². The van der Waals surface area contributed by atoms with Crippen molar-refractivity contribution in [3.63, 3.8) is 0 Å². The Labute approximate surface area is 144 Å². The monoisotopic (exact) mass is 320 g/mol. The number of nitrogens with one attached hydrogen (secondary N) is 1. The van der Waals surface area contributed by atoms with E-state index < -0.39 is 0 Å². The highest BCUT2D eigenvalue weighted by molar-refractivity contribution is 5.76. The minimum Gasteiger partial charge on any atom is -0.352 e. The SMILES string of the molecule is O=C(CCN1CC=C(c2ccccc2)CC1)NCc1ccccc1. The largest absolute Gasteiger partial charge is 0.352 e. The van der Waals surface area contributed by atoms with Gasteiger partial charge in [-0.2, -0.15) is 0 Å². The lowest BCUT2D eigenvalue weighted by Crippen LogP contribution is -2.33. The van der Waals surface area contributed by atoms with Crippen LogP contribution in [-0.2, 0) is 11.3 Å². The fourth-order valence-electron chi connectivity index (χ4n) is 2.97. The molecule has 0 saturated carbocycles. The molecule has 24 heavy (non-hydrogen) atoms. The molecule has 0 fully saturated rings. The minimum absolute atomic E-state index is 0.122. The van der Waals surface area contributed by atoms with Crippen molar-refractivity contribution < 1.29 is 4.79 Å². The third-order valence-electron chi connectivity index (χ3n) is 4.43. The predicted molar refractivity (Wildman–Crippen MR) is 98.4 cm³/mol. The van der Waals surface area contributed by atoms with Gasteiger partial charge < -0.3 is 5.32 Å². The van der Waals surface area contributed by atoms with Crippen LogP contribution in [0.15, 0.2) is 66.7 Å². The molecule has 0 radical (unpaired) electrons. The lowest BCUT2D eigenvalue weighted by Gasteiger charge is -2.26. The first kappa shape index (κ1) is 16.5. The van der Waals surface area contributed by atoms with Gasteiger partial charge in [0.15, 0.2) is 0 Å². The zero-order chi connectivity index (χ0) is 16.6. The third kappa shape index (κ3) is 4.80. The van der Waals surface area contributed by atoms with Gasteiger partial charge in [-0.25, -0.2) is 0 Å². The molecule has 1 aliphatic heterocycles. The Hall–Kier alpha value is -2.39. The maximum absolute atomic E-state index is 12.0. The predicted octanol–water partition coefficient (Wildman–Crippen LogP) is 3.48. The molecular formula is C21H24N2O. The molecule has 1 amide bonds. The lowest BCUT2D eigenvalue weighted by molar-refractivity contribution is -0.121. The van der Waals surface area contributed by atoms with Gasteiger partial charge in [-0.3, -0.25) is 9.69 Å². The van der Waals surface area contributed by atoms with Crippen molar-refractivity contribution in [3.8, 4) is 0 Å². The summed E-state index contributed by atoms with van der Waals surface area (Å²) in [5.74, 6) is 0.122. The van der Waals surface area contributed by atoms with Gasteiger partial charge in [-0.15, -0.1) is 0 Å². The summed E-state index contributed by atoms with van der Waals surface area (Å²) in [4.78, 5) is 14.3. The van der Waals surface area contributed by atoms with Crippen LogP contribution in [0.4, 0.5) is 0 Å². The first-order valence-electron chi connectivity index (χ1n) is 8.59. The summed E-state index contributed by atoms with van der Waals surface area (Å²) in [5.41, 5.74) is 3.87. The van der Waals surface area contributed by atoms with Gasteiger partial charge in [-0.05, 0) is 23.1 Å². The van der Waals surface area contributed by atoms with Crippen molar-refractivity contribution >= 4 is 11.5 Å². The number of carbonyl (C=O) groups excluding carboxylic acids is 1. The average molecular weight is 320 g/mol. The highest BCUT2D eigenvalue weighted by atomic mass is 16.1. The van der Waals surface area contributed by atoms with Gasteiger partial charge >= 0.3 is 0 Å². The standard InChI is InChI=1S/C21H24N2O/c24-21(22-17-18-7-3-1-4-8-18)13-16-23-14-11-20(12-15-23)19-9-5-2-6-10-19/h1-11H,12-17H2,(H,22,24). The molecule has 0 aliphatic carbocycles. The van der Waals surface area contributed by atoms with Crippen LogP contribution in [0.5, 0.6) is 0 Å². The van der Waals surface area contributed by atoms with Crippen molar-refractivity contribution in [2.75, 3.05) is 19.6 Å². The van der Waals surface area contributed by atoms with Gasteiger partial charge in [0, 0.05) is 32.6 Å². The Bertz CT molecular complexity index is 679. The van der Waals surface area contributed by atoms with E-state index in [9.17, 15) is 4.79 Å². The van der Waals surface area contributed by atoms with Crippen molar-refractivity contribution in [1.29, 1.82) is 0 Å². The summed E-state index contributed by atoms with van der Waals surface area (Å²) in [6, 6.07) is 20.6. The van der Waals surface area contributed by atoms with E-state index in [2.05, 4.69) is 40.6 Å². The summed E-state index contributed by atoms with van der Waals surface area (Å²) in [6.45, 7) is 3.37. The highest BCUT2D eigenvalue weighted by Gasteiger charge is 2.13. The fourth-order valence-corrected chi connectivity index (χ4v) is 2.97. The smallest absolute Gasteiger partial charge is 0.221 e. The molecule has 3 rings (SSSR count). The van der Waals surface area contributed by atoms with Crippen LogP contribution in [0, 0.1) is 0 Å². The van der Waals surface area contributed by atoms with Gasteiger partial charge in [-0.1, -0.05) is 66.7 Å². The Morgan fingerprint density at radius 2 is 1.71 bits per heavy atom. The first-order valence-corrected chi connectivity index (χ1v) is 8.59. The van der Waals surface area contributed by atoms with Crippen LogP contribution in [0.1, 0.15) is 24.0 Å². The van der Waals surface area contributed by atoms with Crippen molar-refractivity contribution in [1.82, 2.24) is 10.2 Å². The highest BCUT2D eigenvalue weighted by Crippen LogP contribution is 2.21. The Kier molecular flexibility index (Phi) is 5.80. The maximum atomic E-state index is 12.0. The molecule has 0 aromatic heterocycles. The summed E-state index contributed by atoms with van der Waals surface area (Å²) in [5, 5.41) is 2.99. The van der Waals surface area contributed by atoms with Crippen LogP contribution in [0.25, 0.3) is 5.57 Å². The van der Waals surface area contributed by atoms with Crippen molar-refractivity contribution in [2.45, 2.75) is 19.4 Å². The number of nitrogens with zero attached hydrogens (tertiary/aromatic N) is 1. The number of hydrogen-bond acceptors (Lipinski definition) is 2. The topological polar surface area (TPSA) is 32.3 Å². The molecule has 1 aliphatic rings. The number of amides is 1. The fraction of sp³-hybridized carbons (Fsp3) is 0.286. The molecule has 2 aromatic carbocycles. The first-order chi connectivity index (χ1) is 11.8. The zero-order valence-corrected chi connectivity index (χ0v) is 13.9. The van der Waals surface area contributed by atoms with Crippen LogP contribution in [0.2, 0.25) is 0 Å². The molecule has 0 saturated heterocycles. The molecule has 0 atom stereocenters. The number of hydrogen-bond donors (Lipinski definition) is 1. The lowest BCUT2D eigenvalue weighted by atomic mass is 9.99. The summed E-state index contributed by atoms with van der Waals surface area (Å²) < 4.78 is 0. The second-order valence-corrected chi connectivity index (χ2v) is 6.16. The molecule has 124 valence electrons. The van der Waals surface area contributed by atoms with Crippen LogP contribution >= 0.6 is 0 Å². The molecule has 0 spiro atoms. The van der Waals surface area contributed by atoms with E-state index >= 15 is 0 Å². The quantitative estimate of drug-likeness (QED) is 0.884. The molecule has 0 unspecified atom stereocenters. The number of rotatable bonds is 6. The van der Waals surface area contributed by atoms with Gasteiger partial charge in [0.2, 0.25) is 5.91 Å². The second kappa shape index (κ2) is 8.46. The van der Waals surface area contributed by atoms with E-state index in [1.165, 1.54) is 11.1 Å². The number of benzene rings is 2. The molecular weight excluding hydrogens is 296 g/mol. The van der Waals surface area contributed by atoms with Gasteiger partial charge in [0.25, 0.3) is 0 Å². The number of carbonyl (C=O) groups is 1.